The zero-order valence-corrected chi connectivity index (χ0v) is 20.6. The van der Waals surface area contributed by atoms with Gasteiger partial charge in [-0.1, -0.05) is 12.1 Å². The van der Waals surface area contributed by atoms with Crippen LogP contribution in [0, 0.1) is 0 Å². The van der Waals surface area contributed by atoms with Crippen LogP contribution in [0.2, 0.25) is 0 Å². The first-order valence-corrected chi connectivity index (χ1v) is 13.7. The third kappa shape index (κ3) is 4.21. The minimum absolute atomic E-state index is 0.118. The number of amides is 1. The Morgan fingerprint density at radius 3 is 2.45 bits per heavy atom. The van der Waals surface area contributed by atoms with Gasteiger partial charge in [-0.3, -0.25) is 9.69 Å². The second-order valence-corrected chi connectivity index (χ2v) is 11.8. The summed E-state index contributed by atoms with van der Waals surface area (Å²) in [7, 11) is -1.80. The number of hydrogen-bond acceptors (Lipinski definition) is 6. The molecule has 2 saturated heterocycles. The quantitative estimate of drug-likeness (QED) is 0.553. The molecule has 10 heteroatoms. The van der Waals surface area contributed by atoms with Crippen LogP contribution >= 0.6 is 11.3 Å². The van der Waals surface area contributed by atoms with Gasteiger partial charge in [-0.05, 0) is 38.0 Å². The van der Waals surface area contributed by atoms with Crippen molar-refractivity contribution in [3.8, 4) is 0 Å². The van der Waals surface area contributed by atoms with E-state index in [-0.39, 0.29) is 16.8 Å². The fourth-order valence-corrected chi connectivity index (χ4v) is 7.31. The van der Waals surface area contributed by atoms with Gasteiger partial charge in [0.2, 0.25) is 10.0 Å². The Morgan fingerprint density at radius 1 is 1.06 bits per heavy atom. The highest BCUT2D eigenvalue weighted by molar-refractivity contribution is 7.89. The molecule has 176 valence electrons. The highest BCUT2D eigenvalue weighted by Crippen LogP contribution is 2.30. The highest BCUT2D eigenvalue weighted by Gasteiger charge is 2.32. The number of carbonyl (C=O) groups excluding carboxylic acids is 1. The third-order valence-corrected chi connectivity index (χ3v) is 9.79. The smallest absolute Gasteiger partial charge is 0.270 e. The van der Waals surface area contributed by atoms with E-state index in [1.165, 1.54) is 15.1 Å². The van der Waals surface area contributed by atoms with Crippen LogP contribution in [-0.4, -0.2) is 77.2 Å². The lowest BCUT2D eigenvalue weighted by Gasteiger charge is -2.37. The van der Waals surface area contributed by atoms with E-state index in [2.05, 4.69) is 17.9 Å². The fourth-order valence-electron chi connectivity index (χ4n) is 4.66. The molecule has 0 saturated carbocycles. The van der Waals surface area contributed by atoms with Gasteiger partial charge in [0, 0.05) is 52.5 Å². The van der Waals surface area contributed by atoms with Gasteiger partial charge in [0.15, 0.2) is 0 Å². The summed E-state index contributed by atoms with van der Waals surface area (Å²) >= 11 is 1.72. The standard InChI is InChI=1S/C23H29N5O3S2/c1-17(22-24-19-7-3-4-8-21(19)32-22)26-11-13-27(14-12-26)23(29)20-15-18(16-25(20)2)33(30,31)28-9-5-6-10-28/h3-4,7-8,15-17H,5-6,9-14H2,1-2H3. The average molecular weight is 488 g/mol. The first kappa shape index (κ1) is 22.5. The third-order valence-electron chi connectivity index (χ3n) is 6.72. The van der Waals surface area contributed by atoms with Crippen LogP contribution in [0.5, 0.6) is 0 Å². The largest absolute Gasteiger partial charge is 0.345 e. The first-order valence-electron chi connectivity index (χ1n) is 11.4. The number of rotatable bonds is 5. The maximum Gasteiger partial charge on any atom is 0.270 e. The van der Waals surface area contributed by atoms with Crippen molar-refractivity contribution < 1.29 is 13.2 Å². The lowest BCUT2D eigenvalue weighted by atomic mass is 10.2. The molecule has 2 aliphatic heterocycles. The molecule has 3 aromatic rings. The normalized spacial score (nSPS) is 19.4. The van der Waals surface area contributed by atoms with Crippen LogP contribution in [-0.2, 0) is 17.1 Å². The molecule has 5 rings (SSSR count). The number of benzene rings is 1. The first-order chi connectivity index (χ1) is 15.8. The van der Waals surface area contributed by atoms with Gasteiger partial charge in [-0.25, -0.2) is 13.4 Å². The monoisotopic (exact) mass is 487 g/mol. The predicted octanol–water partition coefficient (Wildman–Crippen LogP) is 2.94. The second-order valence-electron chi connectivity index (χ2n) is 8.81. The molecule has 4 heterocycles. The summed E-state index contributed by atoms with van der Waals surface area (Å²) in [6.07, 6.45) is 3.33. The summed E-state index contributed by atoms with van der Waals surface area (Å²) in [4.78, 5) is 22.4. The molecule has 1 amide bonds. The number of thiazole rings is 1. The van der Waals surface area contributed by atoms with E-state index in [0.29, 0.717) is 31.9 Å². The topological polar surface area (TPSA) is 78.8 Å². The summed E-state index contributed by atoms with van der Waals surface area (Å²) in [5, 5.41) is 1.09. The Hall–Kier alpha value is -2.27. The Balaban J connectivity index is 1.25. The molecule has 2 aliphatic rings. The SMILES string of the molecule is CC(c1nc2ccccc2s1)N1CCN(C(=O)c2cc(S(=O)(=O)N3CCCC3)cn2C)CC1. The van der Waals surface area contributed by atoms with Crippen molar-refractivity contribution in [3.63, 3.8) is 0 Å². The van der Waals surface area contributed by atoms with E-state index in [4.69, 9.17) is 4.98 Å². The van der Waals surface area contributed by atoms with E-state index in [1.54, 1.807) is 29.1 Å². The molecule has 1 atom stereocenters. The van der Waals surface area contributed by atoms with E-state index in [1.807, 2.05) is 23.1 Å². The molecule has 0 spiro atoms. The van der Waals surface area contributed by atoms with Gasteiger partial charge >= 0.3 is 0 Å². The van der Waals surface area contributed by atoms with Crippen LogP contribution in [0.15, 0.2) is 41.4 Å². The highest BCUT2D eigenvalue weighted by atomic mass is 32.2. The van der Waals surface area contributed by atoms with Gasteiger partial charge in [-0.2, -0.15) is 4.31 Å². The number of carbonyl (C=O) groups is 1. The van der Waals surface area contributed by atoms with E-state index >= 15 is 0 Å². The summed E-state index contributed by atoms with van der Waals surface area (Å²) < 4.78 is 30.1. The van der Waals surface area contributed by atoms with Crippen molar-refractivity contribution >= 4 is 37.5 Å². The minimum atomic E-state index is -3.54. The molecule has 1 aromatic carbocycles. The van der Waals surface area contributed by atoms with Crippen molar-refractivity contribution in [3.05, 3.63) is 47.2 Å². The molecular weight excluding hydrogens is 458 g/mol. The lowest BCUT2D eigenvalue weighted by molar-refractivity contribution is 0.0573. The number of aromatic nitrogens is 2. The Bertz CT molecular complexity index is 1240. The molecule has 2 fully saturated rings. The number of fused-ring (bicyclic) bond motifs is 1. The Kier molecular flexibility index (Phi) is 6.02. The molecule has 33 heavy (non-hydrogen) atoms. The Labute approximate surface area is 198 Å². The van der Waals surface area contributed by atoms with E-state index in [0.717, 1.165) is 36.5 Å². The van der Waals surface area contributed by atoms with Gasteiger partial charge in [0.1, 0.15) is 15.6 Å². The molecule has 0 N–H and O–H groups in total. The zero-order chi connectivity index (χ0) is 23.2. The molecule has 0 aliphatic carbocycles. The van der Waals surface area contributed by atoms with Crippen LogP contribution in [0.4, 0.5) is 0 Å². The summed E-state index contributed by atoms with van der Waals surface area (Å²) in [6.45, 7) is 5.99. The van der Waals surface area contributed by atoms with Gasteiger partial charge in [-0.15, -0.1) is 11.3 Å². The number of para-hydroxylation sites is 1. The lowest BCUT2D eigenvalue weighted by Crippen LogP contribution is -2.49. The molecule has 0 bridgehead atoms. The predicted molar refractivity (Wildman–Crippen MR) is 129 cm³/mol. The van der Waals surface area contributed by atoms with E-state index in [9.17, 15) is 13.2 Å². The van der Waals surface area contributed by atoms with Gasteiger partial charge in [0.25, 0.3) is 5.91 Å². The molecule has 1 unspecified atom stereocenters. The van der Waals surface area contributed by atoms with E-state index < -0.39 is 10.0 Å². The summed E-state index contributed by atoms with van der Waals surface area (Å²) in [5.74, 6) is -0.118. The van der Waals surface area contributed by atoms with Crippen molar-refractivity contribution in [2.75, 3.05) is 39.3 Å². The number of nitrogens with zero attached hydrogens (tertiary/aromatic N) is 5. The zero-order valence-electron chi connectivity index (χ0n) is 19.0. The van der Waals surface area contributed by atoms with Crippen molar-refractivity contribution in [1.82, 2.24) is 23.7 Å². The van der Waals surface area contributed by atoms with Crippen LogP contribution in [0.3, 0.4) is 0 Å². The van der Waals surface area contributed by atoms with Crippen LogP contribution in [0.1, 0.15) is 41.3 Å². The second kappa shape index (κ2) is 8.83. The van der Waals surface area contributed by atoms with Gasteiger partial charge < -0.3 is 9.47 Å². The molecular formula is C23H29N5O3S2. The maximum absolute atomic E-state index is 13.2. The number of aryl methyl sites for hydroxylation is 1. The van der Waals surface area contributed by atoms with Crippen molar-refractivity contribution in [1.29, 1.82) is 0 Å². The van der Waals surface area contributed by atoms with Crippen molar-refractivity contribution in [2.24, 2.45) is 7.05 Å². The Morgan fingerprint density at radius 2 is 1.76 bits per heavy atom. The summed E-state index contributed by atoms with van der Waals surface area (Å²) in [5.41, 5.74) is 1.45. The fraction of sp³-hybridized carbons (Fsp3) is 0.478. The molecule has 0 radical (unpaired) electrons. The number of hydrogen-bond donors (Lipinski definition) is 0. The molecule has 2 aromatic heterocycles. The maximum atomic E-state index is 13.2. The minimum Gasteiger partial charge on any atom is -0.345 e. The number of sulfonamides is 1. The van der Waals surface area contributed by atoms with Gasteiger partial charge in [0.05, 0.1) is 16.3 Å². The average Bonchev–Trinajstić information content (AvgIpc) is 3.57. The molecule has 8 nitrogen and oxygen atoms in total. The van der Waals surface area contributed by atoms with Crippen molar-refractivity contribution in [2.45, 2.75) is 30.7 Å². The number of piperazine rings is 1. The van der Waals surface area contributed by atoms with Crippen LogP contribution in [0.25, 0.3) is 10.2 Å². The summed E-state index contributed by atoms with van der Waals surface area (Å²) in [6, 6.07) is 9.89. The van der Waals surface area contributed by atoms with Crippen LogP contribution < -0.4 is 0 Å².